The van der Waals surface area contributed by atoms with Crippen molar-refractivity contribution in [2.24, 2.45) is 0 Å². The quantitative estimate of drug-likeness (QED) is 0.758. The maximum Gasteiger partial charge on any atom is 0.471 e. The molecule has 3 N–H and O–H groups in total. The maximum atomic E-state index is 12.4. The lowest BCUT2D eigenvalue weighted by Crippen LogP contribution is -2.47. The van der Waals surface area contributed by atoms with Gasteiger partial charge in [-0.1, -0.05) is 0 Å². The number of nitrogens with zero attached hydrogens (tertiary/aromatic N) is 2. The zero-order valence-corrected chi connectivity index (χ0v) is 13.3. The minimum absolute atomic E-state index is 0.0539. The van der Waals surface area contributed by atoms with Crippen molar-refractivity contribution in [3.05, 3.63) is 12.1 Å². The smallest absolute Gasteiger partial charge is 0.471 e. The Kier molecular flexibility index (Phi) is 5.55. The van der Waals surface area contributed by atoms with Gasteiger partial charge in [-0.3, -0.25) is 10.1 Å². The van der Waals surface area contributed by atoms with E-state index in [1.165, 1.54) is 19.2 Å². The topological polar surface area (TPSA) is 104 Å². The van der Waals surface area contributed by atoms with Crippen molar-refractivity contribution in [1.82, 2.24) is 9.88 Å². The molecule has 0 saturated carbocycles. The molecule has 0 aliphatic carbocycles. The average Bonchev–Trinajstić information content (AvgIpc) is 2.55. The molecule has 0 aromatic carbocycles. The number of amides is 2. The van der Waals surface area contributed by atoms with Gasteiger partial charge in [0.15, 0.2) is 5.82 Å². The van der Waals surface area contributed by atoms with E-state index in [1.807, 2.05) is 0 Å². The summed E-state index contributed by atoms with van der Waals surface area (Å²) in [7, 11) is 1.40. The summed E-state index contributed by atoms with van der Waals surface area (Å²) in [5, 5.41) is 14.0. The van der Waals surface area contributed by atoms with Crippen LogP contribution in [0, 0.1) is 0 Å². The largest absolute Gasteiger partial charge is 0.481 e. The zero-order chi connectivity index (χ0) is 18.6. The Bertz CT molecular complexity index is 645. The lowest BCUT2D eigenvalue weighted by Gasteiger charge is -2.33. The summed E-state index contributed by atoms with van der Waals surface area (Å²) in [6.45, 7) is -0.108. The molecule has 0 spiro atoms. The van der Waals surface area contributed by atoms with E-state index in [0.717, 1.165) is 4.90 Å². The maximum absolute atomic E-state index is 12.4. The Morgan fingerprint density at radius 3 is 2.48 bits per heavy atom. The number of aromatic nitrogens is 1. The van der Waals surface area contributed by atoms with Crippen LogP contribution in [-0.4, -0.2) is 59.4 Å². The number of carbonyl (C=O) groups excluding carboxylic acids is 1. The number of carbonyl (C=O) groups is 2. The van der Waals surface area contributed by atoms with Crippen LogP contribution in [0.15, 0.2) is 12.1 Å². The average molecular weight is 362 g/mol. The van der Waals surface area contributed by atoms with Crippen molar-refractivity contribution in [2.75, 3.05) is 30.8 Å². The molecule has 11 heteroatoms. The minimum Gasteiger partial charge on any atom is -0.481 e. The number of carboxylic acid groups (broad SMARTS) is 1. The van der Waals surface area contributed by atoms with Crippen LogP contribution >= 0.6 is 0 Å². The molecule has 2 heterocycles. The Morgan fingerprint density at radius 2 is 1.96 bits per heavy atom. The van der Waals surface area contributed by atoms with Crippen molar-refractivity contribution in [3.8, 4) is 5.88 Å². The van der Waals surface area contributed by atoms with Crippen LogP contribution in [0.2, 0.25) is 0 Å². The van der Waals surface area contributed by atoms with Gasteiger partial charge in [0.05, 0.1) is 12.8 Å². The van der Waals surface area contributed by atoms with Crippen LogP contribution in [0.25, 0.3) is 0 Å². The van der Waals surface area contributed by atoms with Crippen LogP contribution in [0.1, 0.15) is 12.8 Å². The molecular formula is C14H17F3N4O4. The molecule has 1 aromatic rings. The molecule has 2 rings (SSSR count). The summed E-state index contributed by atoms with van der Waals surface area (Å²) in [5.41, 5.74) is 0.196. The van der Waals surface area contributed by atoms with Crippen molar-refractivity contribution in [1.29, 1.82) is 0 Å². The van der Waals surface area contributed by atoms with E-state index in [9.17, 15) is 22.8 Å². The first-order valence-corrected chi connectivity index (χ1v) is 7.38. The summed E-state index contributed by atoms with van der Waals surface area (Å²) in [6.07, 6.45) is -5.62. The first-order chi connectivity index (χ1) is 11.7. The third-order valence-electron chi connectivity index (χ3n) is 3.69. The van der Waals surface area contributed by atoms with Gasteiger partial charge in [0.1, 0.15) is 0 Å². The van der Waals surface area contributed by atoms with Gasteiger partial charge in [-0.05, 0) is 18.9 Å². The number of hydrogen-bond donors (Lipinski definition) is 3. The molecule has 1 aliphatic heterocycles. The van der Waals surface area contributed by atoms with Gasteiger partial charge in [0.2, 0.25) is 5.88 Å². The second kappa shape index (κ2) is 7.45. The monoisotopic (exact) mass is 362 g/mol. The Balaban J connectivity index is 2.03. The summed E-state index contributed by atoms with van der Waals surface area (Å²) in [4.78, 5) is 26.9. The number of hydrogen-bond acceptors (Lipinski definition) is 5. The normalized spacial score (nSPS) is 15.6. The number of piperidine rings is 1. The number of methoxy groups -OCH3 is 1. The van der Waals surface area contributed by atoms with E-state index in [0.29, 0.717) is 0 Å². The lowest BCUT2D eigenvalue weighted by atomic mass is 10.0. The highest BCUT2D eigenvalue weighted by atomic mass is 19.4. The summed E-state index contributed by atoms with van der Waals surface area (Å²) in [5.74, 6) is -1.39. The van der Waals surface area contributed by atoms with Crippen molar-refractivity contribution in [2.45, 2.75) is 25.1 Å². The lowest BCUT2D eigenvalue weighted by molar-refractivity contribution is -0.186. The molecule has 1 aromatic heterocycles. The highest BCUT2D eigenvalue weighted by Gasteiger charge is 2.43. The number of rotatable bonds is 4. The predicted molar refractivity (Wildman–Crippen MR) is 81.7 cm³/mol. The van der Waals surface area contributed by atoms with Crippen LogP contribution in [0.5, 0.6) is 5.88 Å². The van der Waals surface area contributed by atoms with Crippen LogP contribution in [0.3, 0.4) is 0 Å². The molecule has 1 saturated heterocycles. The summed E-state index contributed by atoms with van der Waals surface area (Å²) < 4.78 is 42.3. The van der Waals surface area contributed by atoms with Gasteiger partial charge in [-0.25, -0.2) is 4.79 Å². The Labute approximate surface area is 141 Å². The number of pyridine rings is 1. The molecular weight excluding hydrogens is 345 g/mol. The molecule has 0 unspecified atom stereocenters. The fourth-order valence-electron chi connectivity index (χ4n) is 2.48. The number of alkyl halides is 3. The van der Waals surface area contributed by atoms with E-state index in [1.54, 1.807) is 0 Å². The molecule has 1 aliphatic rings. The van der Waals surface area contributed by atoms with Gasteiger partial charge < -0.3 is 20.1 Å². The fourth-order valence-corrected chi connectivity index (χ4v) is 2.48. The van der Waals surface area contributed by atoms with Gasteiger partial charge in [0.25, 0.3) is 0 Å². The van der Waals surface area contributed by atoms with Crippen LogP contribution in [-0.2, 0) is 4.79 Å². The third-order valence-corrected chi connectivity index (χ3v) is 3.69. The SMILES string of the molecule is COc1ccc(NC(=O)O)c(NC2CCN(C(=O)C(F)(F)F)CC2)n1. The Hall–Kier alpha value is -2.72. The fraction of sp³-hybridized carbons (Fsp3) is 0.500. The number of ether oxygens (including phenoxy) is 1. The molecule has 0 radical (unpaired) electrons. The highest BCUT2D eigenvalue weighted by Crippen LogP contribution is 2.27. The minimum atomic E-state index is -4.88. The predicted octanol–water partition coefficient (Wildman–Crippen LogP) is 2.15. The molecule has 8 nitrogen and oxygen atoms in total. The molecule has 138 valence electrons. The second-order valence-corrected chi connectivity index (χ2v) is 5.39. The van der Waals surface area contributed by atoms with E-state index in [-0.39, 0.29) is 49.4 Å². The first kappa shape index (κ1) is 18.6. The molecule has 1 fully saturated rings. The summed E-state index contributed by atoms with van der Waals surface area (Å²) in [6, 6.07) is 2.68. The van der Waals surface area contributed by atoms with E-state index < -0.39 is 18.2 Å². The van der Waals surface area contributed by atoms with E-state index in [2.05, 4.69) is 15.6 Å². The van der Waals surface area contributed by atoms with Crippen molar-refractivity contribution >= 4 is 23.5 Å². The van der Waals surface area contributed by atoms with Crippen molar-refractivity contribution in [3.63, 3.8) is 0 Å². The molecule has 2 amide bonds. The molecule has 25 heavy (non-hydrogen) atoms. The van der Waals surface area contributed by atoms with Gasteiger partial charge in [0, 0.05) is 25.2 Å². The number of nitrogens with one attached hydrogen (secondary N) is 2. The van der Waals surface area contributed by atoms with E-state index in [4.69, 9.17) is 9.84 Å². The van der Waals surface area contributed by atoms with Gasteiger partial charge in [-0.2, -0.15) is 18.2 Å². The van der Waals surface area contributed by atoms with Crippen LogP contribution < -0.4 is 15.4 Å². The Morgan fingerprint density at radius 1 is 1.32 bits per heavy atom. The van der Waals surface area contributed by atoms with E-state index >= 15 is 0 Å². The van der Waals surface area contributed by atoms with Gasteiger partial charge in [-0.15, -0.1) is 0 Å². The van der Waals surface area contributed by atoms with Gasteiger partial charge >= 0.3 is 18.2 Å². The third kappa shape index (κ3) is 4.88. The van der Waals surface area contributed by atoms with Crippen LogP contribution in [0.4, 0.5) is 29.5 Å². The van der Waals surface area contributed by atoms with Crippen molar-refractivity contribution < 1.29 is 32.6 Å². The second-order valence-electron chi connectivity index (χ2n) is 5.39. The first-order valence-electron chi connectivity index (χ1n) is 7.38. The molecule has 0 bridgehead atoms. The summed E-state index contributed by atoms with van der Waals surface area (Å²) >= 11 is 0. The standard InChI is InChI=1S/C14H17F3N4O4/c1-25-10-3-2-9(19-13(23)24)11(20-10)18-8-4-6-21(7-5-8)12(22)14(15,16)17/h2-3,8,19H,4-7H2,1H3,(H,18,20)(H,23,24). The zero-order valence-electron chi connectivity index (χ0n) is 13.3. The number of likely N-dealkylation sites (tertiary alicyclic amines) is 1. The molecule has 0 atom stereocenters. The number of anilines is 2. The highest BCUT2D eigenvalue weighted by molar-refractivity contribution is 5.87. The number of halogens is 3.